The molecule has 1 aromatic carbocycles. The number of amides is 2. The van der Waals surface area contributed by atoms with Crippen molar-refractivity contribution in [3.63, 3.8) is 0 Å². The van der Waals surface area contributed by atoms with E-state index in [-0.39, 0.29) is 6.03 Å². The molecule has 0 atom stereocenters. The second kappa shape index (κ2) is 4.73. The van der Waals surface area contributed by atoms with Gasteiger partial charge in [-0.15, -0.1) is 0 Å². The zero-order chi connectivity index (χ0) is 13.1. The van der Waals surface area contributed by atoms with Crippen LogP contribution in [-0.4, -0.2) is 26.0 Å². The highest BCUT2D eigenvalue weighted by Gasteiger charge is 2.04. The van der Waals surface area contributed by atoms with Crippen molar-refractivity contribution in [1.29, 1.82) is 0 Å². The average molecular weight is 254 g/mol. The third-order valence-electron chi connectivity index (χ3n) is 2.48. The van der Waals surface area contributed by atoms with Crippen LogP contribution in [0.3, 0.4) is 0 Å². The van der Waals surface area contributed by atoms with Crippen LogP contribution in [0.4, 0.5) is 16.3 Å². The Balaban J connectivity index is 1.72. The Bertz CT molecular complexity index is 708. The van der Waals surface area contributed by atoms with E-state index >= 15 is 0 Å². The van der Waals surface area contributed by atoms with Crippen LogP contribution in [0.15, 0.2) is 43.1 Å². The molecule has 19 heavy (non-hydrogen) atoms. The molecule has 0 radical (unpaired) electrons. The summed E-state index contributed by atoms with van der Waals surface area (Å²) >= 11 is 0. The average Bonchev–Trinajstić information content (AvgIpc) is 2.87. The number of aromatic amines is 1. The van der Waals surface area contributed by atoms with Crippen LogP contribution in [0.25, 0.3) is 11.0 Å². The van der Waals surface area contributed by atoms with E-state index in [4.69, 9.17) is 0 Å². The van der Waals surface area contributed by atoms with Crippen LogP contribution in [0.5, 0.6) is 0 Å². The van der Waals surface area contributed by atoms with Gasteiger partial charge in [-0.25, -0.2) is 14.8 Å². The number of anilines is 2. The first-order valence-corrected chi connectivity index (χ1v) is 5.58. The van der Waals surface area contributed by atoms with Crippen molar-refractivity contribution in [2.24, 2.45) is 0 Å². The highest BCUT2D eigenvalue weighted by atomic mass is 16.2. The van der Waals surface area contributed by atoms with Crippen LogP contribution in [0.2, 0.25) is 0 Å². The number of imidazole rings is 1. The lowest BCUT2D eigenvalue weighted by molar-refractivity contribution is 0.262. The molecule has 0 spiro atoms. The largest absolute Gasteiger partial charge is 0.345 e. The second-order valence-corrected chi connectivity index (χ2v) is 3.80. The summed E-state index contributed by atoms with van der Waals surface area (Å²) in [5, 5.41) is 5.29. The van der Waals surface area contributed by atoms with E-state index in [1.807, 2.05) is 6.07 Å². The molecule has 0 aliphatic carbocycles. The van der Waals surface area contributed by atoms with Crippen LogP contribution in [0.1, 0.15) is 0 Å². The topological polar surface area (TPSA) is 95.6 Å². The molecule has 3 N–H and O–H groups in total. The fourth-order valence-corrected chi connectivity index (χ4v) is 1.66. The van der Waals surface area contributed by atoms with E-state index in [2.05, 4.69) is 30.6 Å². The lowest BCUT2D eigenvalue weighted by Crippen LogP contribution is -2.20. The molecule has 0 bridgehead atoms. The minimum absolute atomic E-state index is 0.376. The number of carbonyl (C=O) groups is 1. The fraction of sp³-hybridized carbons (Fsp3) is 0. The van der Waals surface area contributed by atoms with Crippen molar-refractivity contribution in [3.05, 3.63) is 43.1 Å². The van der Waals surface area contributed by atoms with Crippen molar-refractivity contribution in [1.82, 2.24) is 19.9 Å². The van der Waals surface area contributed by atoms with E-state index < -0.39 is 0 Å². The Hall–Kier alpha value is -2.96. The molecule has 0 aliphatic heterocycles. The number of aromatic nitrogens is 4. The Morgan fingerprint density at radius 2 is 2.11 bits per heavy atom. The smallest absolute Gasteiger partial charge is 0.324 e. The fourth-order valence-electron chi connectivity index (χ4n) is 1.66. The van der Waals surface area contributed by atoms with Gasteiger partial charge in [-0.05, 0) is 18.2 Å². The quantitative estimate of drug-likeness (QED) is 0.651. The first kappa shape index (κ1) is 11.1. The number of nitrogens with one attached hydrogen (secondary N) is 3. The number of benzene rings is 1. The molecule has 94 valence electrons. The summed E-state index contributed by atoms with van der Waals surface area (Å²) < 4.78 is 0. The van der Waals surface area contributed by atoms with Gasteiger partial charge in [0.15, 0.2) is 5.82 Å². The molecule has 0 saturated carbocycles. The first-order chi connectivity index (χ1) is 9.31. The number of fused-ring (bicyclic) bond motifs is 1. The maximum absolute atomic E-state index is 11.7. The van der Waals surface area contributed by atoms with E-state index in [0.29, 0.717) is 11.5 Å². The van der Waals surface area contributed by atoms with Gasteiger partial charge in [0.05, 0.1) is 23.6 Å². The Labute approximate surface area is 108 Å². The van der Waals surface area contributed by atoms with E-state index in [1.54, 1.807) is 18.5 Å². The first-order valence-electron chi connectivity index (χ1n) is 5.58. The second-order valence-electron chi connectivity index (χ2n) is 3.80. The summed E-state index contributed by atoms with van der Waals surface area (Å²) in [4.78, 5) is 26.6. The van der Waals surface area contributed by atoms with Crippen LogP contribution in [-0.2, 0) is 0 Å². The predicted octanol–water partition coefficient (Wildman–Crippen LogP) is 2.00. The van der Waals surface area contributed by atoms with Crippen LogP contribution < -0.4 is 10.6 Å². The Morgan fingerprint density at radius 1 is 1.16 bits per heavy atom. The number of H-pyrrole nitrogens is 1. The third-order valence-corrected chi connectivity index (χ3v) is 2.48. The zero-order valence-electron chi connectivity index (χ0n) is 9.79. The highest BCUT2D eigenvalue weighted by Crippen LogP contribution is 2.15. The van der Waals surface area contributed by atoms with Crippen molar-refractivity contribution in [2.75, 3.05) is 10.6 Å². The van der Waals surface area contributed by atoms with Gasteiger partial charge in [-0.3, -0.25) is 10.3 Å². The van der Waals surface area contributed by atoms with Crippen molar-refractivity contribution >= 4 is 28.6 Å². The molecule has 2 heterocycles. The molecule has 0 unspecified atom stereocenters. The monoisotopic (exact) mass is 254 g/mol. The van der Waals surface area contributed by atoms with Gasteiger partial charge < -0.3 is 10.3 Å². The summed E-state index contributed by atoms with van der Waals surface area (Å²) in [5.74, 6) is 0.391. The predicted molar refractivity (Wildman–Crippen MR) is 70.8 cm³/mol. The standard InChI is InChI=1S/C12H10N6O/c19-12(18-11-6-13-3-4-14-11)17-8-1-2-9-10(5-8)16-7-15-9/h1-7H,(H,15,16)(H2,14,17,18,19). The molecule has 0 saturated heterocycles. The summed E-state index contributed by atoms with van der Waals surface area (Å²) in [6.07, 6.45) is 6.12. The van der Waals surface area contributed by atoms with Gasteiger partial charge in [0.2, 0.25) is 0 Å². The van der Waals surface area contributed by atoms with Crippen LogP contribution >= 0.6 is 0 Å². The summed E-state index contributed by atoms with van der Waals surface area (Å²) in [7, 11) is 0. The number of hydrogen-bond donors (Lipinski definition) is 3. The van der Waals surface area contributed by atoms with Gasteiger partial charge in [0.25, 0.3) is 0 Å². The lowest BCUT2D eigenvalue weighted by atomic mass is 10.3. The van der Waals surface area contributed by atoms with Crippen LogP contribution in [0, 0.1) is 0 Å². The minimum Gasteiger partial charge on any atom is -0.345 e. The van der Waals surface area contributed by atoms with Gasteiger partial charge in [0.1, 0.15) is 0 Å². The minimum atomic E-state index is -0.376. The van der Waals surface area contributed by atoms with E-state index in [1.165, 1.54) is 18.6 Å². The van der Waals surface area contributed by atoms with Gasteiger partial charge in [-0.1, -0.05) is 0 Å². The molecule has 2 aromatic heterocycles. The van der Waals surface area contributed by atoms with E-state index in [9.17, 15) is 4.79 Å². The zero-order valence-corrected chi connectivity index (χ0v) is 9.79. The Morgan fingerprint density at radius 3 is 2.95 bits per heavy atom. The SMILES string of the molecule is O=C(Nc1ccc2nc[nH]c2c1)Nc1cnccn1. The normalized spacial score (nSPS) is 10.3. The summed E-state index contributed by atoms with van der Waals surface area (Å²) in [5.41, 5.74) is 2.37. The number of rotatable bonds is 2. The molecule has 7 nitrogen and oxygen atoms in total. The van der Waals surface area contributed by atoms with Crippen molar-refractivity contribution in [3.8, 4) is 0 Å². The molecule has 0 aliphatic rings. The number of carbonyl (C=O) groups excluding carboxylic acids is 1. The van der Waals surface area contributed by atoms with E-state index in [0.717, 1.165) is 11.0 Å². The van der Waals surface area contributed by atoms with Gasteiger partial charge in [-0.2, -0.15) is 0 Å². The molecular weight excluding hydrogens is 244 g/mol. The maximum Gasteiger partial charge on any atom is 0.324 e. The highest BCUT2D eigenvalue weighted by molar-refractivity contribution is 6.00. The summed E-state index contributed by atoms with van der Waals surface area (Å²) in [6, 6.07) is 5.03. The molecule has 7 heteroatoms. The number of hydrogen-bond acceptors (Lipinski definition) is 4. The molecule has 2 amide bonds. The molecular formula is C12H10N6O. The molecule has 0 fully saturated rings. The summed E-state index contributed by atoms with van der Waals surface area (Å²) in [6.45, 7) is 0. The van der Waals surface area contributed by atoms with Gasteiger partial charge >= 0.3 is 6.03 Å². The maximum atomic E-state index is 11.7. The lowest BCUT2D eigenvalue weighted by Gasteiger charge is -2.06. The number of urea groups is 1. The Kier molecular flexibility index (Phi) is 2.77. The van der Waals surface area contributed by atoms with Crippen molar-refractivity contribution in [2.45, 2.75) is 0 Å². The van der Waals surface area contributed by atoms with Gasteiger partial charge in [0, 0.05) is 18.1 Å². The third kappa shape index (κ3) is 2.49. The van der Waals surface area contributed by atoms with Crippen molar-refractivity contribution < 1.29 is 4.79 Å². The number of nitrogens with zero attached hydrogens (tertiary/aromatic N) is 3. The molecule has 3 aromatic rings. The molecule has 3 rings (SSSR count).